The number of esters is 3. The number of H-pyrrole nitrogens is 1. The van der Waals surface area contributed by atoms with E-state index >= 15 is 0 Å². The van der Waals surface area contributed by atoms with Crippen molar-refractivity contribution >= 4 is 30.1 Å². The van der Waals surface area contributed by atoms with Crippen LogP contribution in [0.2, 0.25) is 0 Å². The van der Waals surface area contributed by atoms with Crippen molar-refractivity contribution in [1.29, 1.82) is 0 Å². The minimum atomic E-state index is -1.07. The van der Waals surface area contributed by atoms with Gasteiger partial charge in [-0.15, -0.1) is 0 Å². The zero-order chi connectivity index (χ0) is 26.7. The third-order valence-electron chi connectivity index (χ3n) is 5.91. The molecule has 0 bridgehead atoms. The van der Waals surface area contributed by atoms with Gasteiger partial charge in [0.1, 0.15) is 12.7 Å². The highest BCUT2D eigenvalue weighted by Crippen LogP contribution is 2.35. The van der Waals surface area contributed by atoms with Gasteiger partial charge < -0.3 is 18.9 Å². The van der Waals surface area contributed by atoms with Gasteiger partial charge in [0.15, 0.2) is 23.2 Å². The van der Waals surface area contributed by atoms with Gasteiger partial charge in [0.25, 0.3) is 5.56 Å². The summed E-state index contributed by atoms with van der Waals surface area (Å²) in [5.41, 5.74) is 0.203. The van der Waals surface area contributed by atoms with Crippen LogP contribution < -0.4 is 5.56 Å². The molecule has 0 unspecified atom stereocenters. The summed E-state index contributed by atoms with van der Waals surface area (Å²) in [5, 5.41) is 0. The molecule has 0 saturated carbocycles. The summed E-state index contributed by atoms with van der Waals surface area (Å²) in [5.74, 6) is -1.60. The molecule has 0 aliphatic carbocycles. The van der Waals surface area contributed by atoms with Crippen molar-refractivity contribution in [3.63, 3.8) is 0 Å². The number of nitrogens with zero attached hydrogens (tertiary/aromatic N) is 1. The minimum Gasteiger partial charge on any atom is -0.463 e. The van der Waals surface area contributed by atoms with Crippen LogP contribution in [0.15, 0.2) is 11.0 Å². The summed E-state index contributed by atoms with van der Waals surface area (Å²) in [7, 11) is 0. The van der Waals surface area contributed by atoms with E-state index < -0.39 is 42.4 Å². The fourth-order valence-corrected chi connectivity index (χ4v) is 4.32. The number of rotatable bonds is 14. The number of carbonyl (C=O) groups excluding carboxylic acids is 3. The maximum atomic E-state index is 12.7. The van der Waals surface area contributed by atoms with Gasteiger partial charge in [-0.25, -0.2) is 0 Å². The van der Waals surface area contributed by atoms with Gasteiger partial charge >= 0.3 is 17.9 Å². The largest absolute Gasteiger partial charge is 0.463 e. The Morgan fingerprint density at radius 2 is 1.69 bits per heavy atom. The van der Waals surface area contributed by atoms with Crippen molar-refractivity contribution in [3.8, 4) is 0 Å². The first kappa shape index (κ1) is 29.7. The molecule has 0 spiro atoms. The molecule has 10 nitrogen and oxygen atoms in total. The van der Waals surface area contributed by atoms with Crippen molar-refractivity contribution in [2.75, 3.05) is 6.61 Å². The van der Waals surface area contributed by atoms with Gasteiger partial charge in [0, 0.05) is 32.0 Å². The molecule has 2 rings (SSSR count). The first-order valence-corrected chi connectivity index (χ1v) is 13.1. The number of aryl methyl sites for hydroxylation is 1. The highest BCUT2D eigenvalue weighted by molar-refractivity contribution is 7.71. The number of unbranched alkanes of at least 4 members (excludes halogenated alkanes) is 5. The molecular formula is C25H38N2O8S. The summed E-state index contributed by atoms with van der Waals surface area (Å²) in [6, 6.07) is 0. The molecule has 1 aliphatic rings. The van der Waals surface area contributed by atoms with Crippen LogP contribution in [0.5, 0.6) is 0 Å². The number of hydrogen-bond donors (Lipinski definition) is 1. The fraction of sp³-hybridized carbons (Fsp3) is 0.720. The maximum Gasteiger partial charge on any atom is 0.306 e. The SMILES string of the molecule is CCCCCCCC(=O)O[C@H]1[C@H](OC(C)=O)[C@H](n2cc(CCCC)c(=O)[nH]c2=S)O[C@@H]1COC(C)=O. The zero-order valence-corrected chi connectivity index (χ0v) is 22.4. The molecule has 0 aromatic carbocycles. The second kappa shape index (κ2) is 14.9. The van der Waals surface area contributed by atoms with E-state index in [0.29, 0.717) is 18.4 Å². The lowest BCUT2D eigenvalue weighted by Gasteiger charge is -2.25. The number of aromatic nitrogens is 2. The van der Waals surface area contributed by atoms with Crippen LogP contribution in [-0.2, 0) is 39.8 Å². The highest BCUT2D eigenvalue weighted by Gasteiger charge is 2.51. The molecule has 202 valence electrons. The van der Waals surface area contributed by atoms with Crippen LogP contribution in [0.25, 0.3) is 0 Å². The molecule has 36 heavy (non-hydrogen) atoms. The summed E-state index contributed by atoms with van der Waals surface area (Å²) < 4.78 is 24.1. The molecule has 1 aromatic heterocycles. The monoisotopic (exact) mass is 526 g/mol. The van der Waals surface area contributed by atoms with Gasteiger partial charge in [0.2, 0.25) is 0 Å². The van der Waals surface area contributed by atoms with Gasteiger partial charge in [0.05, 0.1) is 0 Å². The van der Waals surface area contributed by atoms with E-state index in [9.17, 15) is 19.2 Å². The van der Waals surface area contributed by atoms with E-state index in [2.05, 4.69) is 11.9 Å². The molecule has 2 heterocycles. The molecule has 11 heteroatoms. The molecule has 1 aliphatic heterocycles. The van der Waals surface area contributed by atoms with Gasteiger partial charge in [-0.2, -0.15) is 0 Å². The summed E-state index contributed by atoms with van der Waals surface area (Å²) >= 11 is 5.37. The third kappa shape index (κ3) is 8.85. The average molecular weight is 527 g/mol. The van der Waals surface area contributed by atoms with Crippen molar-refractivity contribution in [1.82, 2.24) is 9.55 Å². The van der Waals surface area contributed by atoms with E-state index in [-0.39, 0.29) is 23.4 Å². The van der Waals surface area contributed by atoms with Crippen LogP contribution in [-0.4, -0.2) is 52.4 Å². The predicted octanol–water partition coefficient (Wildman–Crippen LogP) is 3.91. The second-order valence-electron chi connectivity index (χ2n) is 8.98. The van der Waals surface area contributed by atoms with E-state index in [1.807, 2.05) is 6.92 Å². The first-order valence-electron chi connectivity index (χ1n) is 12.7. The Balaban J connectivity index is 2.34. The molecule has 1 fully saturated rings. The lowest BCUT2D eigenvalue weighted by atomic mass is 10.1. The Kier molecular flexibility index (Phi) is 12.3. The summed E-state index contributed by atoms with van der Waals surface area (Å²) in [6.07, 6.45) is 4.83. The molecule has 1 N–H and O–H groups in total. The minimum absolute atomic E-state index is 0.0662. The fourth-order valence-electron chi connectivity index (χ4n) is 4.07. The standard InChI is InChI=1S/C25H38N2O8S/c1-5-7-9-10-11-13-20(30)35-21-19(15-32-16(3)28)34-24(22(21)33-17(4)29)27-14-18(12-8-6-2)23(31)26-25(27)36/h14,19,21-22,24H,5-13,15H2,1-4H3,(H,26,31,36)/t19-,21-,22+,24-/m1/s1. The zero-order valence-electron chi connectivity index (χ0n) is 21.6. The Labute approximate surface area is 216 Å². The Hall–Kier alpha value is -2.53. The lowest BCUT2D eigenvalue weighted by molar-refractivity contribution is -0.168. The van der Waals surface area contributed by atoms with Crippen molar-refractivity contribution < 1.29 is 33.3 Å². The lowest BCUT2D eigenvalue weighted by Crippen LogP contribution is -2.41. The summed E-state index contributed by atoms with van der Waals surface area (Å²) in [4.78, 5) is 51.2. The normalized spacial score (nSPS) is 21.2. The molecule has 1 saturated heterocycles. The molecule has 0 amide bonds. The van der Waals surface area contributed by atoms with E-state index in [1.165, 1.54) is 18.4 Å². The van der Waals surface area contributed by atoms with Gasteiger partial charge in [-0.05, 0) is 31.5 Å². The van der Waals surface area contributed by atoms with E-state index in [4.69, 9.17) is 31.2 Å². The van der Waals surface area contributed by atoms with Crippen LogP contribution in [0.1, 0.15) is 90.9 Å². The topological polar surface area (TPSA) is 126 Å². The van der Waals surface area contributed by atoms with Crippen molar-refractivity contribution in [3.05, 3.63) is 26.9 Å². The second-order valence-corrected chi connectivity index (χ2v) is 9.37. The number of carbonyl (C=O) groups is 3. The Morgan fingerprint density at radius 1 is 1.00 bits per heavy atom. The summed E-state index contributed by atoms with van der Waals surface area (Å²) in [6.45, 7) is 6.41. The van der Waals surface area contributed by atoms with Crippen LogP contribution in [0.3, 0.4) is 0 Å². The number of hydrogen-bond acceptors (Lipinski definition) is 9. The van der Waals surface area contributed by atoms with E-state index in [1.54, 1.807) is 6.20 Å². The van der Waals surface area contributed by atoms with Crippen LogP contribution in [0.4, 0.5) is 0 Å². The van der Waals surface area contributed by atoms with Crippen LogP contribution >= 0.6 is 12.2 Å². The molecule has 0 radical (unpaired) electrons. The van der Waals surface area contributed by atoms with Crippen LogP contribution in [0, 0.1) is 4.77 Å². The first-order chi connectivity index (χ1) is 17.2. The van der Waals surface area contributed by atoms with Crippen molar-refractivity contribution in [2.24, 2.45) is 0 Å². The predicted molar refractivity (Wildman–Crippen MR) is 134 cm³/mol. The van der Waals surface area contributed by atoms with Gasteiger partial charge in [-0.1, -0.05) is 46.0 Å². The molecular weight excluding hydrogens is 488 g/mol. The third-order valence-corrected chi connectivity index (χ3v) is 6.22. The molecule has 1 aromatic rings. The number of ether oxygens (including phenoxy) is 4. The van der Waals surface area contributed by atoms with Gasteiger partial charge in [-0.3, -0.25) is 28.7 Å². The Bertz CT molecular complexity index is 1000. The van der Waals surface area contributed by atoms with E-state index in [0.717, 1.165) is 38.5 Å². The smallest absolute Gasteiger partial charge is 0.306 e. The van der Waals surface area contributed by atoms with Crippen molar-refractivity contribution in [2.45, 2.75) is 110 Å². The number of nitrogens with one attached hydrogen (secondary N) is 1. The molecule has 4 atom stereocenters. The highest BCUT2D eigenvalue weighted by atomic mass is 32.1. The average Bonchev–Trinajstić information content (AvgIpc) is 3.13. The number of aromatic amines is 1. The Morgan fingerprint density at radius 3 is 2.33 bits per heavy atom. The quantitative estimate of drug-likeness (QED) is 0.166. The maximum absolute atomic E-state index is 12.7.